The number of hydrogen-bond acceptors (Lipinski definition) is 6. The number of carboxylic acid groups (broad SMARTS) is 1. The van der Waals surface area contributed by atoms with Crippen molar-refractivity contribution in [3.05, 3.63) is 89.1 Å². The van der Waals surface area contributed by atoms with Crippen LogP contribution in [0.25, 0.3) is 22.3 Å². The van der Waals surface area contributed by atoms with Crippen molar-refractivity contribution < 1.29 is 41.0 Å². The number of aromatic amines is 2. The predicted octanol–water partition coefficient (Wildman–Crippen LogP) is 6.88. The Morgan fingerprint density at radius 1 is 1.16 bits per heavy atom. The Kier molecular flexibility index (Phi) is 7.39. The number of rotatable bonds is 8. The first-order valence-electron chi connectivity index (χ1n) is 14.0. The molecule has 2 aromatic heterocycles. The van der Waals surface area contributed by atoms with Crippen molar-refractivity contribution >= 4 is 26.7 Å². The maximum absolute atomic E-state index is 15.2. The van der Waals surface area contributed by atoms with E-state index in [-0.39, 0.29) is 46.8 Å². The number of aliphatic carboxylic acids is 1. The van der Waals surface area contributed by atoms with Gasteiger partial charge in [0.1, 0.15) is 33.6 Å². The van der Waals surface area contributed by atoms with Crippen LogP contribution in [-0.2, 0) is 21.1 Å². The molecule has 3 N–H and O–H groups in total. The first-order chi connectivity index (χ1) is 21.2. The van der Waals surface area contributed by atoms with E-state index in [2.05, 4.69) is 15.0 Å². The third-order valence-electron chi connectivity index (χ3n) is 7.75. The molecule has 1 aliphatic rings. The van der Waals surface area contributed by atoms with E-state index >= 15 is 8.78 Å². The molecule has 3 aromatic carbocycles. The SMILES string of the molecule is CC1(C)CC(c2cnc(-c3cc(Oc4c(F)c(F)c5[nH]ccc5c4S(C)(=O)=O)ccc3F)[nH]2)c2cccc(CCC(=O)O)c2O1. The molecule has 0 spiro atoms. The van der Waals surface area contributed by atoms with Gasteiger partial charge in [0, 0.05) is 47.6 Å². The molecule has 0 fully saturated rings. The molecule has 3 heterocycles. The monoisotopic (exact) mass is 639 g/mol. The molecule has 45 heavy (non-hydrogen) atoms. The van der Waals surface area contributed by atoms with E-state index in [1.54, 1.807) is 6.20 Å². The van der Waals surface area contributed by atoms with Gasteiger partial charge in [0.2, 0.25) is 5.82 Å². The van der Waals surface area contributed by atoms with Gasteiger partial charge in [0.05, 0.1) is 11.1 Å². The standard InChI is InChI=1S/C32H28F3N3O6S/c1-32(2)14-21(18-6-4-5-16(28(18)44-32)7-10-24(39)40)23-15-37-31(38-23)20-13-17(8-9-22(20)33)43-29-26(35)25(34)27-19(11-12-36-27)30(29)45(3,41)42/h4-6,8-9,11-13,15,21,36H,7,10,14H2,1-3H3,(H,37,38)(H,39,40). The highest BCUT2D eigenvalue weighted by Crippen LogP contribution is 2.46. The van der Waals surface area contributed by atoms with Crippen LogP contribution in [0.5, 0.6) is 17.2 Å². The molecule has 9 nitrogen and oxygen atoms in total. The zero-order valence-corrected chi connectivity index (χ0v) is 25.2. The summed E-state index contributed by atoms with van der Waals surface area (Å²) in [7, 11) is -4.10. The topological polar surface area (TPSA) is 134 Å². The third kappa shape index (κ3) is 5.63. The molecule has 0 aliphatic carbocycles. The van der Waals surface area contributed by atoms with Gasteiger partial charge in [-0.3, -0.25) is 4.79 Å². The number of sulfone groups is 1. The lowest BCUT2D eigenvalue weighted by atomic mass is 9.81. The lowest BCUT2D eigenvalue weighted by Crippen LogP contribution is -2.35. The van der Waals surface area contributed by atoms with Crippen molar-refractivity contribution in [2.45, 2.75) is 49.5 Å². The van der Waals surface area contributed by atoms with Crippen LogP contribution in [0, 0.1) is 17.5 Å². The molecular weight excluding hydrogens is 611 g/mol. The van der Waals surface area contributed by atoms with Gasteiger partial charge in [0.15, 0.2) is 21.4 Å². The smallest absolute Gasteiger partial charge is 0.303 e. The van der Waals surface area contributed by atoms with Crippen LogP contribution in [0.1, 0.15) is 49.4 Å². The summed E-state index contributed by atoms with van der Waals surface area (Å²) in [6.45, 7) is 3.85. The molecule has 6 rings (SSSR count). The average molecular weight is 640 g/mol. The Balaban J connectivity index is 1.38. The highest BCUT2D eigenvalue weighted by Gasteiger charge is 2.37. The largest absolute Gasteiger partial charge is 0.487 e. The first kappa shape index (κ1) is 30.3. The van der Waals surface area contributed by atoms with E-state index in [0.29, 0.717) is 17.9 Å². The number of para-hydroxylation sites is 1. The molecule has 0 saturated carbocycles. The molecule has 0 radical (unpaired) electrons. The van der Waals surface area contributed by atoms with Crippen LogP contribution >= 0.6 is 0 Å². The summed E-state index contributed by atoms with van der Waals surface area (Å²) >= 11 is 0. The van der Waals surface area contributed by atoms with E-state index < -0.39 is 49.5 Å². The van der Waals surface area contributed by atoms with Crippen molar-refractivity contribution in [2.75, 3.05) is 6.26 Å². The quantitative estimate of drug-likeness (QED) is 0.158. The summed E-state index contributed by atoms with van der Waals surface area (Å²) in [6, 6.07) is 10.3. The maximum Gasteiger partial charge on any atom is 0.303 e. The molecule has 0 saturated heterocycles. The number of halogens is 3. The van der Waals surface area contributed by atoms with Crippen molar-refractivity contribution in [2.24, 2.45) is 0 Å². The predicted molar refractivity (Wildman–Crippen MR) is 159 cm³/mol. The van der Waals surface area contributed by atoms with Crippen molar-refractivity contribution in [1.29, 1.82) is 0 Å². The van der Waals surface area contributed by atoms with Crippen LogP contribution in [0.4, 0.5) is 13.2 Å². The lowest BCUT2D eigenvalue weighted by molar-refractivity contribution is -0.136. The van der Waals surface area contributed by atoms with Crippen LogP contribution in [0.15, 0.2) is 59.8 Å². The molecule has 0 amide bonds. The Morgan fingerprint density at radius 2 is 1.93 bits per heavy atom. The van der Waals surface area contributed by atoms with E-state index in [4.69, 9.17) is 9.47 Å². The number of benzene rings is 3. The third-order valence-corrected chi connectivity index (χ3v) is 8.90. The number of carboxylic acids is 1. The summed E-state index contributed by atoms with van der Waals surface area (Å²) < 4.78 is 82.4. The van der Waals surface area contributed by atoms with Gasteiger partial charge in [-0.2, -0.15) is 4.39 Å². The Morgan fingerprint density at radius 3 is 2.67 bits per heavy atom. The summed E-state index contributed by atoms with van der Waals surface area (Å²) in [6.07, 6.45) is 4.47. The summed E-state index contributed by atoms with van der Waals surface area (Å²) in [5.41, 5.74) is 1.25. The van der Waals surface area contributed by atoms with Gasteiger partial charge < -0.3 is 24.5 Å². The zero-order chi connectivity index (χ0) is 32.3. The van der Waals surface area contributed by atoms with Gasteiger partial charge in [-0.05, 0) is 56.5 Å². The maximum atomic E-state index is 15.2. The number of H-pyrrole nitrogens is 2. The van der Waals surface area contributed by atoms with Gasteiger partial charge in [0.25, 0.3) is 0 Å². The molecule has 5 aromatic rings. The van der Waals surface area contributed by atoms with Gasteiger partial charge in [-0.1, -0.05) is 18.2 Å². The van der Waals surface area contributed by atoms with Crippen molar-refractivity contribution in [3.63, 3.8) is 0 Å². The average Bonchev–Trinajstić information content (AvgIpc) is 3.65. The second kappa shape index (κ2) is 11.0. The fourth-order valence-electron chi connectivity index (χ4n) is 5.79. The molecule has 234 valence electrons. The second-order valence-electron chi connectivity index (χ2n) is 11.6. The van der Waals surface area contributed by atoms with Gasteiger partial charge >= 0.3 is 5.97 Å². The number of nitrogens with one attached hydrogen (secondary N) is 2. The normalized spacial score (nSPS) is 15.9. The Hall–Kier alpha value is -4.78. The number of ether oxygens (including phenoxy) is 2. The molecule has 1 aliphatic heterocycles. The van der Waals surface area contributed by atoms with Crippen molar-refractivity contribution in [1.82, 2.24) is 15.0 Å². The highest BCUT2D eigenvalue weighted by molar-refractivity contribution is 7.91. The molecule has 13 heteroatoms. The second-order valence-corrected chi connectivity index (χ2v) is 13.6. The number of imidazole rings is 1. The summed E-state index contributed by atoms with van der Waals surface area (Å²) in [5, 5.41) is 9.11. The Bertz CT molecular complexity index is 2090. The number of aromatic nitrogens is 3. The number of nitrogens with zero attached hydrogens (tertiary/aromatic N) is 1. The van der Waals surface area contributed by atoms with Crippen LogP contribution < -0.4 is 9.47 Å². The minimum Gasteiger partial charge on any atom is -0.487 e. The molecule has 1 atom stereocenters. The minimum absolute atomic E-state index is 0.0509. The number of hydrogen-bond donors (Lipinski definition) is 3. The molecule has 1 unspecified atom stereocenters. The summed E-state index contributed by atoms with van der Waals surface area (Å²) in [4.78, 5) is 20.7. The number of carbonyl (C=O) groups is 1. The number of aryl methyl sites for hydroxylation is 1. The fraction of sp³-hybridized carbons (Fsp3) is 0.250. The Labute approximate surface area is 256 Å². The van der Waals surface area contributed by atoms with Crippen LogP contribution in [0.3, 0.4) is 0 Å². The fourth-order valence-corrected chi connectivity index (χ4v) is 6.82. The van der Waals surface area contributed by atoms with Gasteiger partial charge in [-0.15, -0.1) is 0 Å². The zero-order valence-electron chi connectivity index (χ0n) is 24.4. The molecular formula is C32H28F3N3O6S. The van der Waals surface area contributed by atoms with E-state index in [0.717, 1.165) is 23.4 Å². The first-order valence-corrected chi connectivity index (χ1v) is 15.9. The summed E-state index contributed by atoms with van der Waals surface area (Å²) in [5.74, 6) is -4.97. The van der Waals surface area contributed by atoms with Crippen LogP contribution in [0.2, 0.25) is 0 Å². The molecule has 0 bridgehead atoms. The van der Waals surface area contributed by atoms with E-state index in [1.165, 1.54) is 24.4 Å². The number of fused-ring (bicyclic) bond motifs is 2. The minimum atomic E-state index is -4.10. The highest BCUT2D eigenvalue weighted by atomic mass is 32.2. The van der Waals surface area contributed by atoms with Crippen molar-refractivity contribution in [3.8, 4) is 28.6 Å². The van der Waals surface area contributed by atoms with E-state index in [1.807, 2.05) is 32.0 Å². The van der Waals surface area contributed by atoms with Gasteiger partial charge in [-0.25, -0.2) is 22.2 Å². The lowest BCUT2D eigenvalue weighted by Gasteiger charge is -2.38. The van der Waals surface area contributed by atoms with Crippen LogP contribution in [-0.4, -0.2) is 46.3 Å². The van der Waals surface area contributed by atoms with E-state index in [9.17, 15) is 22.7 Å².